The van der Waals surface area contributed by atoms with Crippen LogP contribution in [-0.2, 0) is 0 Å². The molecule has 0 aliphatic heterocycles. The molecule has 2 aromatic rings. The SMILES string of the molecule is Cc1cc2c(s1)C([Si](C)(C)C1C=CC3CCCCC31)c1sc(C)cc1-2. The summed E-state index contributed by atoms with van der Waals surface area (Å²) in [6.07, 6.45) is 11.1. The number of fused-ring (bicyclic) bond motifs is 4. The minimum atomic E-state index is -1.49. The van der Waals surface area contributed by atoms with E-state index in [1.165, 1.54) is 35.4 Å². The lowest BCUT2D eigenvalue weighted by Gasteiger charge is -2.41. The van der Waals surface area contributed by atoms with E-state index in [1.54, 1.807) is 20.9 Å². The molecule has 2 aromatic heterocycles. The van der Waals surface area contributed by atoms with Gasteiger partial charge in [-0.15, -0.1) is 22.7 Å². The third-order valence-electron chi connectivity index (χ3n) is 7.09. The topological polar surface area (TPSA) is 0 Å². The fraction of sp³-hybridized carbons (Fsp3) is 0.545. The molecule has 0 spiro atoms. The van der Waals surface area contributed by atoms with Crippen LogP contribution >= 0.6 is 22.7 Å². The maximum atomic E-state index is 2.70. The summed E-state index contributed by atoms with van der Waals surface area (Å²) in [6.45, 7) is 9.99. The van der Waals surface area contributed by atoms with Crippen LogP contribution in [0.2, 0.25) is 18.6 Å². The largest absolute Gasteiger partial charge is 0.145 e. The maximum absolute atomic E-state index is 2.70. The highest BCUT2D eigenvalue weighted by atomic mass is 32.1. The van der Waals surface area contributed by atoms with Gasteiger partial charge in [-0.2, -0.15) is 0 Å². The van der Waals surface area contributed by atoms with Crippen molar-refractivity contribution in [3.8, 4) is 11.1 Å². The van der Waals surface area contributed by atoms with Crippen LogP contribution in [0.4, 0.5) is 0 Å². The number of hydrogen-bond donors (Lipinski definition) is 0. The van der Waals surface area contributed by atoms with E-state index in [4.69, 9.17) is 0 Å². The molecule has 3 unspecified atom stereocenters. The molecule has 3 heteroatoms. The maximum Gasteiger partial charge on any atom is 0.0696 e. The van der Waals surface area contributed by atoms with E-state index in [0.717, 1.165) is 22.9 Å². The van der Waals surface area contributed by atoms with E-state index < -0.39 is 8.07 Å². The molecule has 0 bridgehead atoms. The number of hydrogen-bond acceptors (Lipinski definition) is 2. The Balaban J connectivity index is 1.60. The first-order valence-electron chi connectivity index (χ1n) is 9.86. The zero-order valence-electron chi connectivity index (χ0n) is 15.8. The molecule has 5 rings (SSSR count). The van der Waals surface area contributed by atoms with Gasteiger partial charge in [0, 0.05) is 25.0 Å². The van der Waals surface area contributed by atoms with Crippen molar-refractivity contribution in [1.82, 2.24) is 0 Å². The lowest BCUT2D eigenvalue weighted by molar-refractivity contribution is 0.300. The molecule has 3 atom stereocenters. The molecule has 3 aliphatic carbocycles. The van der Waals surface area contributed by atoms with E-state index in [9.17, 15) is 0 Å². The Kier molecular flexibility index (Phi) is 3.75. The standard InChI is InChI=1S/C22H28S2Si/c1-13-11-17-18-12-14(2)24-21(18)22(20(17)23-13)25(3,4)19-10-9-15-7-5-6-8-16(15)19/h9-12,15-16,19,22H,5-8H2,1-4H3. The van der Waals surface area contributed by atoms with Crippen molar-refractivity contribution in [1.29, 1.82) is 0 Å². The van der Waals surface area contributed by atoms with Crippen molar-refractivity contribution < 1.29 is 0 Å². The number of allylic oxidation sites excluding steroid dienone is 2. The van der Waals surface area contributed by atoms with E-state index in [1.807, 2.05) is 0 Å². The second-order valence-corrected chi connectivity index (χ2v) is 16.5. The van der Waals surface area contributed by atoms with Gasteiger partial charge >= 0.3 is 0 Å². The van der Waals surface area contributed by atoms with E-state index in [2.05, 4.69) is 73.9 Å². The van der Waals surface area contributed by atoms with Gasteiger partial charge in [-0.25, -0.2) is 0 Å². The van der Waals surface area contributed by atoms with E-state index >= 15 is 0 Å². The first-order chi connectivity index (χ1) is 12.0. The zero-order chi connectivity index (χ0) is 17.3. The molecular formula is C22H28S2Si. The summed E-state index contributed by atoms with van der Waals surface area (Å²) in [4.78, 5) is 6.41. The minimum Gasteiger partial charge on any atom is -0.145 e. The van der Waals surface area contributed by atoms with Crippen molar-refractivity contribution in [2.75, 3.05) is 0 Å². The predicted octanol–water partition coefficient (Wildman–Crippen LogP) is 7.53. The first kappa shape index (κ1) is 16.5. The van der Waals surface area contributed by atoms with Crippen LogP contribution in [0, 0.1) is 25.7 Å². The van der Waals surface area contributed by atoms with Crippen molar-refractivity contribution in [3.63, 3.8) is 0 Å². The Hall–Kier alpha value is -0.643. The Morgan fingerprint density at radius 3 is 2.12 bits per heavy atom. The van der Waals surface area contributed by atoms with Gasteiger partial charge in [-0.3, -0.25) is 0 Å². The fourth-order valence-electron chi connectivity index (χ4n) is 5.98. The molecule has 25 heavy (non-hydrogen) atoms. The van der Waals surface area contributed by atoms with Crippen molar-refractivity contribution >= 4 is 30.7 Å². The summed E-state index contributed by atoms with van der Waals surface area (Å²) in [5.41, 5.74) is 4.75. The Morgan fingerprint density at radius 2 is 1.48 bits per heavy atom. The molecule has 0 amide bonds. The Labute approximate surface area is 161 Å². The van der Waals surface area contributed by atoms with Crippen LogP contribution < -0.4 is 0 Å². The molecule has 132 valence electrons. The highest BCUT2D eigenvalue weighted by Gasteiger charge is 2.51. The monoisotopic (exact) mass is 384 g/mol. The minimum absolute atomic E-state index is 0.727. The van der Waals surface area contributed by atoms with Crippen LogP contribution in [0.1, 0.15) is 50.7 Å². The molecule has 3 aliphatic rings. The second-order valence-electron chi connectivity index (χ2n) is 9.05. The normalized spacial score (nSPS) is 28.2. The molecule has 0 N–H and O–H groups in total. The molecule has 2 heterocycles. The van der Waals surface area contributed by atoms with Gasteiger partial charge in [0.15, 0.2) is 0 Å². The van der Waals surface area contributed by atoms with Crippen LogP contribution in [0.25, 0.3) is 11.1 Å². The molecule has 0 aromatic carbocycles. The predicted molar refractivity (Wildman–Crippen MR) is 115 cm³/mol. The smallest absolute Gasteiger partial charge is 0.0696 e. The molecule has 0 radical (unpaired) electrons. The zero-order valence-corrected chi connectivity index (χ0v) is 18.4. The second kappa shape index (κ2) is 5.67. The van der Waals surface area contributed by atoms with Gasteiger partial charge in [0.2, 0.25) is 0 Å². The molecule has 0 nitrogen and oxygen atoms in total. The number of aryl methyl sites for hydroxylation is 2. The van der Waals surface area contributed by atoms with Gasteiger partial charge < -0.3 is 0 Å². The lowest BCUT2D eigenvalue weighted by atomic mass is 9.81. The van der Waals surface area contributed by atoms with Gasteiger partial charge in [0.25, 0.3) is 0 Å². The average molecular weight is 385 g/mol. The summed E-state index contributed by atoms with van der Waals surface area (Å²) >= 11 is 4.17. The first-order valence-corrected chi connectivity index (χ1v) is 14.6. The van der Waals surface area contributed by atoms with Crippen molar-refractivity contribution in [2.45, 2.75) is 63.7 Å². The number of thiophene rings is 2. The third-order valence-corrected chi connectivity index (χ3v) is 14.1. The highest BCUT2D eigenvalue weighted by molar-refractivity contribution is 7.16. The van der Waals surface area contributed by atoms with Crippen molar-refractivity contribution in [3.05, 3.63) is 43.8 Å². The van der Waals surface area contributed by atoms with Crippen molar-refractivity contribution in [2.24, 2.45) is 11.8 Å². The summed E-state index contributed by atoms with van der Waals surface area (Å²) in [7, 11) is -1.49. The van der Waals surface area contributed by atoms with Crippen LogP contribution in [-0.4, -0.2) is 8.07 Å². The van der Waals surface area contributed by atoms with Gasteiger partial charge in [-0.05, 0) is 67.3 Å². The van der Waals surface area contributed by atoms with Gasteiger partial charge in [-0.1, -0.05) is 38.1 Å². The molecule has 1 fully saturated rings. The molecule has 1 saturated carbocycles. The summed E-state index contributed by atoms with van der Waals surface area (Å²) in [6, 6.07) is 4.92. The quantitative estimate of drug-likeness (QED) is 0.371. The van der Waals surface area contributed by atoms with E-state index in [-0.39, 0.29) is 0 Å². The van der Waals surface area contributed by atoms with E-state index in [0.29, 0.717) is 0 Å². The van der Waals surface area contributed by atoms with Crippen LogP contribution in [0.5, 0.6) is 0 Å². The van der Waals surface area contributed by atoms with Crippen LogP contribution in [0.3, 0.4) is 0 Å². The summed E-state index contributed by atoms with van der Waals surface area (Å²) in [5, 5.41) is 0. The Bertz CT molecular complexity index is 807. The summed E-state index contributed by atoms with van der Waals surface area (Å²) < 4.78 is 0. The average Bonchev–Trinajstić information content (AvgIpc) is 3.27. The lowest BCUT2D eigenvalue weighted by Crippen LogP contribution is -2.42. The van der Waals surface area contributed by atoms with Gasteiger partial charge in [0.05, 0.1) is 8.07 Å². The highest BCUT2D eigenvalue weighted by Crippen LogP contribution is 2.60. The van der Waals surface area contributed by atoms with Crippen LogP contribution in [0.15, 0.2) is 24.3 Å². The van der Waals surface area contributed by atoms with Gasteiger partial charge in [0.1, 0.15) is 0 Å². The summed E-state index contributed by atoms with van der Waals surface area (Å²) in [5.74, 6) is 1.84. The molecule has 0 saturated heterocycles. The molecular weight excluding hydrogens is 356 g/mol. The number of rotatable bonds is 2. The Morgan fingerprint density at radius 1 is 0.880 bits per heavy atom. The fourth-order valence-corrected chi connectivity index (χ4v) is 14.5. The third kappa shape index (κ3) is 2.35.